The van der Waals surface area contributed by atoms with Crippen LogP contribution in [0.4, 0.5) is 10.1 Å². The van der Waals surface area contributed by atoms with Gasteiger partial charge in [0.05, 0.1) is 4.92 Å². The zero-order chi connectivity index (χ0) is 15.6. The number of nitro groups is 1. The third kappa shape index (κ3) is 3.16. The van der Waals surface area contributed by atoms with Gasteiger partial charge in [-0.1, -0.05) is 6.07 Å². The van der Waals surface area contributed by atoms with Crippen LogP contribution in [0.5, 0.6) is 11.5 Å². The number of carbonyl (C=O) groups is 1. The van der Waals surface area contributed by atoms with Crippen LogP contribution < -0.4 is 4.74 Å². The van der Waals surface area contributed by atoms with Crippen LogP contribution in [0.1, 0.15) is 10.4 Å². The van der Waals surface area contributed by atoms with Gasteiger partial charge in [0, 0.05) is 6.07 Å². The van der Waals surface area contributed by atoms with Gasteiger partial charge in [0.2, 0.25) is 0 Å². The second-order valence-electron chi connectivity index (χ2n) is 3.89. The highest BCUT2D eigenvalue weighted by Crippen LogP contribution is 2.37. The van der Waals surface area contributed by atoms with Gasteiger partial charge in [-0.3, -0.25) is 10.1 Å². The third-order valence-electron chi connectivity index (χ3n) is 2.53. The minimum absolute atomic E-state index is 0.0540. The van der Waals surface area contributed by atoms with Gasteiger partial charge in [-0.25, -0.2) is 9.18 Å². The van der Waals surface area contributed by atoms with Gasteiger partial charge in [-0.2, -0.15) is 0 Å². The first-order valence-corrected chi connectivity index (χ1v) is 6.33. The second kappa shape index (κ2) is 5.88. The summed E-state index contributed by atoms with van der Waals surface area (Å²) in [6.45, 7) is 0. The highest BCUT2D eigenvalue weighted by Gasteiger charge is 2.19. The molecule has 0 heterocycles. The van der Waals surface area contributed by atoms with Crippen molar-refractivity contribution in [2.24, 2.45) is 0 Å². The Morgan fingerprint density at radius 1 is 1.29 bits per heavy atom. The molecule has 0 spiro atoms. The summed E-state index contributed by atoms with van der Waals surface area (Å²) in [5.74, 6) is -2.16. The number of benzene rings is 2. The summed E-state index contributed by atoms with van der Waals surface area (Å²) < 4.78 is 18.5. The zero-order valence-corrected chi connectivity index (χ0v) is 11.8. The summed E-state index contributed by atoms with van der Waals surface area (Å²) in [7, 11) is 0. The molecule has 0 saturated carbocycles. The standard InChI is InChI=1S/C13H7BrFNO5/c14-12-9(16(19)20)2-1-3-11(12)21-10-5-4-7(15)6-8(10)13(17)18/h1-6H,(H,17,18). The fourth-order valence-corrected chi connectivity index (χ4v) is 2.09. The van der Waals surface area contributed by atoms with Crippen LogP contribution >= 0.6 is 15.9 Å². The second-order valence-corrected chi connectivity index (χ2v) is 4.69. The van der Waals surface area contributed by atoms with Crippen molar-refractivity contribution in [2.75, 3.05) is 0 Å². The lowest BCUT2D eigenvalue weighted by Gasteiger charge is -2.10. The topological polar surface area (TPSA) is 89.7 Å². The zero-order valence-electron chi connectivity index (χ0n) is 10.2. The fourth-order valence-electron chi connectivity index (χ4n) is 1.60. The number of aromatic carboxylic acids is 1. The van der Waals surface area contributed by atoms with Gasteiger partial charge in [-0.05, 0) is 40.2 Å². The first-order chi connectivity index (χ1) is 9.90. The number of nitrogens with zero attached hydrogens (tertiary/aromatic N) is 1. The van der Waals surface area contributed by atoms with E-state index in [9.17, 15) is 19.3 Å². The summed E-state index contributed by atoms with van der Waals surface area (Å²) >= 11 is 3.03. The summed E-state index contributed by atoms with van der Waals surface area (Å²) in [4.78, 5) is 21.3. The van der Waals surface area contributed by atoms with Crippen LogP contribution in [0.2, 0.25) is 0 Å². The van der Waals surface area contributed by atoms with E-state index in [1.54, 1.807) is 0 Å². The Labute approximate surface area is 126 Å². The number of rotatable bonds is 4. The van der Waals surface area contributed by atoms with Crippen LogP contribution in [-0.2, 0) is 0 Å². The lowest BCUT2D eigenvalue weighted by Crippen LogP contribution is -2.01. The molecule has 1 N–H and O–H groups in total. The Morgan fingerprint density at radius 3 is 2.62 bits per heavy atom. The van der Waals surface area contributed by atoms with E-state index in [0.717, 1.165) is 18.2 Å². The quantitative estimate of drug-likeness (QED) is 0.661. The molecule has 21 heavy (non-hydrogen) atoms. The smallest absolute Gasteiger partial charge is 0.339 e. The molecule has 0 aliphatic carbocycles. The van der Waals surface area contributed by atoms with Crippen molar-refractivity contribution in [1.82, 2.24) is 0 Å². The molecule has 0 saturated heterocycles. The molecule has 0 radical (unpaired) electrons. The maximum absolute atomic E-state index is 13.1. The summed E-state index contributed by atoms with van der Waals surface area (Å²) in [5, 5.41) is 19.8. The van der Waals surface area contributed by atoms with Gasteiger partial charge in [-0.15, -0.1) is 0 Å². The Bertz CT molecular complexity index is 734. The van der Waals surface area contributed by atoms with E-state index in [-0.39, 0.29) is 27.2 Å². The van der Waals surface area contributed by atoms with Gasteiger partial charge in [0.15, 0.2) is 0 Å². The average molecular weight is 356 g/mol. The minimum atomic E-state index is -1.37. The number of hydrogen-bond acceptors (Lipinski definition) is 4. The van der Waals surface area contributed by atoms with Crippen molar-refractivity contribution in [3.05, 3.63) is 62.4 Å². The molecule has 6 nitrogen and oxygen atoms in total. The van der Waals surface area contributed by atoms with Crippen molar-refractivity contribution in [1.29, 1.82) is 0 Å². The molecular formula is C13H7BrFNO5. The number of carboxylic acid groups (broad SMARTS) is 1. The van der Waals surface area contributed by atoms with E-state index >= 15 is 0 Å². The maximum atomic E-state index is 13.1. The number of halogens is 2. The van der Waals surface area contributed by atoms with Gasteiger partial charge >= 0.3 is 5.97 Å². The Balaban J connectivity index is 2.46. The van der Waals surface area contributed by atoms with Gasteiger partial charge in [0.25, 0.3) is 5.69 Å². The molecule has 2 aromatic carbocycles. The van der Waals surface area contributed by atoms with E-state index in [0.29, 0.717) is 0 Å². The maximum Gasteiger partial charge on any atom is 0.339 e. The van der Waals surface area contributed by atoms with Crippen molar-refractivity contribution in [2.45, 2.75) is 0 Å². The number of carboxylic acids is 1. The van der Waals surface area contributed by atoms with Crippen molar-refractivity contribution < 1.29 is 24.0 Å². The minimum Gasteiger partial charge on any atom is -0.478 e. The van der Waals surface area contributed by atoms with E-state index < -0.39 is 16.7 Å². The Kier molecular flexibility index (Phi) is 4.18. The van der Waals surface area contributed by atoms with E-state index in [1.165, 1.54) is 18.2 Å². The molecule has 0 atom stereocenters. The lowest BCUT2D eigenvalue weighted by molar-refractivity contribution is -0.385. The number of ether oxygens (including phenoxy) is 1. The number of hydrogen-bond donors (Lipinski definition) is 1. The Morgan fingerprint density at radius 2 is 2.00 bits per heavy atom. The van der Waals surface area contributed by atoms with Crippen LogP contribution in [0, 0.1) is 15.9 Å². The predicted molar refractivity (Wildman–Crippen MR) is 74.2 cm³/mol. The molecule has 0 aliphatic heterocycles. The monoisotopic (exact) mass is 355 g/mol. The normalized spacial score (nSPS) is 10.2. The van der Waals surface area contributed by atoms with E-state index in [2.05, 4.69) is 15.9 Å². The molecule has 0 unspecified atom stereocenters. The van der Waals surface area contributed by atoms with E-state index in [1.807, 2.05) is 0 Å². The first-order valence-electron chi connectivity index (χ1n) is 5.53. The van der Waals surface area contributed by atoms with Crippen molar-refractivity contribution >= 4 is 27.6 Å². The molecule has 0 amide bonds. The van der Waals surface area contributed by atoms with Crippen LogP contribution in [-0.4, -0.2) is 16.0 Å². The summed E-state index contributed by atoms with van der Waals surface area (Å²) in [6, 6.07) is 7.06. The Hall–Kier alpha value is -2.48. The van der Waals surface area contributed by atoms with Gasteiger partial charge in [0.1, 0.15) is 27.4 Å². The average Bonchev–Trinajstić information content (AvgIpc) is 2.42. The number of nitro benzene ring substituents is 1. The largest absolute Gasteiger partial charge is 0.478 e. The van der Waals surface area contributed by atoms with E-state index in [4.69, 9.17) is 9.84 Å². The molecule has 0 aromatic heterocycles. The summed E-state index contributed by atoms with van der Waals surface area (Å²) in [6.07, 6.45) is 0. The highest BCUT2D eigenvalue weighted by molar-refractivity contribution is 9.10. The molecule has 0 fully saturated rings. The van der Waals surface area contributed by atoms with Crippen LogP contribution in [0.15, 0.2) is 40.9 Å². The lowest BCUT2D eigenvalue weighted by atomic mass is 10.2. The molecule has 108 valence electrons. The van der Waals surface area contributed by atoms with Crippen molar-refractivity contribution in [3.8, 4) is 11.5 Å². The third-order valence-corrected chi connectivity index (χ3v) is 3.33. The van der Waals surface area contributed by atoms with Crippen molar-refractivity contribution in [3.63, 3.8) is 0 Å². The predicted octanol–water partition coefficient (Wildman–Crippen LogP) is 3.99. The molecule has 2 aromatic rings. The van der Waals surface area contributed by atoms with Crippen LogP contribution in [0.3, 0.4) is 0 Å². The molecule has 8 heteroatoms. The molecule has 0 bridgehead atoms. The molecular weight excluding hydrogens is 349 g/mol. The fraction of sp³-hybridized carbons (Fsp3) is 0. The first kappa shape index (κ1) is 14.9. The highest BCUT2D eigenvalue weighted by atomic mass is 79.9. The summed E-state index contributed by atoms with van der Waals surface area (Å²) in [5.41, 5.74) is -0.611. The van der Waals surface area contributed by atoms with Gasteiger partial charge < -0.3 is 9.84 Å². The molecule has 2 rings (SSSR count). The molecule has 0 aliphatic rings. The SMILES string of the molecule is O=C(O)c1cc(F)ccc1Oc1cccc([N+](=O)[O-])c1Br. The van der Waals surface area contributed by atoms with Crippen LogP contribution in [0.25, 0.3) is 0 Å².